The topological polar surface area (TPSA) is 66.2 Å². The minimum absolute atomic E-state index is 0.205. The number of carboxylic acids is 1. The van der Waals surface area contributed by atoms with Crippen LogP contribution in [-0.2, 0) is 4.79 Å². The lowest BCUT2D eigenvalue weighted by molar-refractivity contribution is -0.305. The minimum Gasteiger partial charge on any atom is -0.550 e. The number of unbranched alkanes of at least 4 members (excludes halogenated alkanes) is 5. The predicted octanol–water partition coefficient (Wildman–Crippen LogP) is 0.426. The predicted molar refractivity (Wildman–Crippen MR) is 46.4 cm³/mol. The molecule has 0 spiro atoms. The van der Waals surface area contributed by atoms with Crippen molar-refractivity contribution in [3.8, 4) is 0 Å². The standard InChI is InChI=1S/C9H19NO2/c10-8-6-4-2-1-3-5-7-9(11)12/h1-8,10H2,(H,11,12)/p-1. The van der Waals surface area contributed by atoms with Crippen molar-refractivity contribution in [3.05, 3.63) is 0 Å². The van der Waals surface area contributed by atoms with Gasteiger partial charge >= 0.3 is 0 Å². The van der Waals surface area contributed by atoms with E-state index in [0.29, 0.717) is 0 Å². The smallest absolute Gasteiger partial charge is 0.0414 e. The zero-order valence-corrected chi connectivity index (χ0v) is 7.55. The average Bonchev–Trinajstić information content (AvgIpc) is 2.02. The van der Waals surface area contributed by atoms with Crippen LogP contribution in [0.15, 0.2) is 0 Å². The molecule has 0 saturated carbocycles. The Hall–Kier alpha value is -0.570. The van der Waals surface area contributed by atoms with Gasteiger partial charge in [-0.2, -0.15) is 0 Å². The van der Waals surface area contributed by atoms with Gasteiger partial charge in [0.25, 0.3) is 0 Å². The molecule has 72 valence electrons. The zero-order valence-electron chi connectivity index (χ0n) is 7.55. The monoisotopic (exact) mass is 172 g/mol. The molecule has 0 saturated heterocycles. The Kier molecular flexibility index (Phi) is 8.12. The fourth-order valence-electron chi connectivity index (χ4n) is 1.12. The van der Waals surface area contributed by atoms with E-state index in [1.165, 1.54) is 12.8 Å². The first-order valence-electron chi connectivity index (χ1n) is 4.67. The SMILES string of the molecule is NCCCCCCCCC(=O)[O-]. The van der Waals surface area contributed by atoms with Crippen LogP contribution >= 0.6 is 0 Å². The first kappa shape index (κ1) is 11.4. The van der Waals surface area contributed by atoms with Crippen LogP contribution in [0.2, 0.25) is 0 Å². The van der Waals surface area contributed by atoms with Crippen molar-refractivity contribution < 1.29 is 9.90 Å². The van der Waals surface area contributed by atoms with Gasteiger partial charge in [-0.1, -0.05) is 25.7 Å². The van der Waals surface area contributed by atoms with E-state index in [1.807, 2.05) is 0 Å². The molecule has 0 amide bonds. The Morgan fingerprint density at radius 1 is 1.00 bits per heavy atom. The summed E-state index contributed by atoms with van der Waals surface area (Å²) < 4.78 is 0. The van der Waals surface area contributed by atoms with Gasteiger partial charge in [0.05, 0.1) is 0 Å². The molecule has 0 aliphatic heterocycles. The van der Waals surface area contributed by atoms with Crippen molar-refractivity contribution in [1.82, 2.24) is 0 Å². The van der Waals surface area contributed by atoms with E-state index in [9.17, 15) is 9.90 Å². The minimum atomic E-state index is -0.933. The Balaban J connectivity index is 2.86. The van der Waals surface area contributed by atoms with Crippen molar-refractivity contribution in [1.29, 1.82) is 0 Å². The van der Waals surface area contributed by atoms with Crippen LogP contribution in [0, 0.1) is 0 Å². The summed E-state index contributed by atoms with van der Waals surface area (Å²) >= 11 is 0. The van der Waals surface area contributed by atoms with Crippen LogP contribution in [0.5, 0.6) is 0 Å². The second-order valence-corrected chi connectivity index (χ2v) is 3.03. The summed E-state index contributed by atoms with van der Waals surface area (Å²) in [6.45, 7) is 0.763. The van der Waals surface area contributed by atoms with E-state index in [2.05, 4.69) is 0 Å². The molecule has 0 aliphatic carbocycles. The maximum absolute atomic E-state index is 10.0. The normalized spacial score (nSPS) is 10.1. The molecular weight excluding hydrogens is 154 g/mol. The van der Waals surface area contributed by atoms with Crippen molar-refractivity contribution in [2.24, 2.45) is 5.73 Å². The van der Waals surface area contributed by atoms with Gasteiger partial charge in [-0.3, -0.25) is 0 Å². The van der Waals surface area contributed by atoms with Gasteiger partial charge in [0.15, 0.2) is 0 Å². The molecule has 0 aromatic rings. The van der Waals surface area contributed by atoms with Gasteiger partial charge in [0.1, 0.15) is 0 Å². The first-order chi connectivity index (χ1) is 5.77. The maximum atomic E-state index is 10.0. The van der Waals surface area contributed by atoms with Crippen LogP contribution in [0.4, 0.5) is 0 Å². The molecule has 0 bridgehead atoms. The summed E-state index contributed by atoms with van der Waals surface area (Å²) in [5.74, 6) is -0.933. The maximum Gasteiger partial charge on any atom is 0.0414 e. The molecule has 0 fully saturated rings. The largest absolute Gasteiger partial charge is 0.550 e. The van der Waals surface area contributed by atoms with E-state index in [4.69, 9.17) is 5.73 Å². The van der Waals surface area contributed by atoms with Crippen LogP contribution in [0.1, 0.15) is 44.9 Å². The summed E-state index contributed by atoms with van der Waals surface area (Å²) in [5, 5.41) is 10.0. The number of hydrogen-bond donors (Lipinski definition) is 1. The molecule has 0 rings (SSSR count). The average molecular weight is 172 g/mol. The Labute approximate surface area is 74.0 Å². The highest BCUT2D eigenvalue weighted by atomic mass is 16.4. The highest BCUT2D eigenvalue weighted by molar-refractivity contribution is 5.63. The van der Waals surface area contributed by atoms with E-state index >= 15 is 0 Å². The summed E-state index contributed by atoms with van der Waals surface area (Å²) in [6, 6.07) is 0. The third-order valence-corrected chi connectivity index (χ3v) is 1.84. The Bertz CT molecular complexity index is 115. The van der Waals surface area contributed by atoms with Gasteiger partial charge in [-0.05, 0) is 25.8 Å². The third kappa shape index (κ3) is 9.43. The summed E-state index contributed by atoms with van der Waals surface area (Å²) in [4.78, 5) is 10.0. The Morgan fingerprint density at radius 3 is 2.00 bits per heavy atom. The number of carboxylic acid groups (broad SMARTS) is 1. The molecule has 0 heterocycles. The van der Waals surface area contributed by atoms with E-state index in [0.717, 1.165) is 32.2 Å². The zero-order chi connectivity index (χ0) is 9.23. The molecule has 3 heteroatoms. The lowest BCUT2D eigenvalue weighted by Gasteiger charge is -2.01. The van der Waals surface area contributed by atoms with Crippen LogP contribution in [-0.4, -0.2) is 12.5 Å². The van der Waals surface area contributed by atoms with Crippen LogP contribution in [0.25, 0.3) is 0 Å². The van der Waals surface area contributed by atoms with Crippen LogP contribution in [0.3, 0.4) is 0 Å². The second kappa shape index (κ2) is 8.53. The van der Waals surface area contributed by atoms with Gasteiger partial charge < -0.3 is 15.6 Å². The third-order valence-electron chi connectivity index (χ3n) is 1.84. The van der Waals surface area contributed by atoms with E-state index in [1.54, 1.807) is 0 Å². The van der Waals surface area contributed by atoms with Gasteiger partial charge in [0, 0.05) is 5.97 Å². The van der Waals surface area contributed by atoms with Crippen LogP contribution < -0.4 is 10.8 Å². The molecule has 0 unspecified atom stereocenters. The molecule has 0 aromatic carbocycles. The molecule has 0 radical (unpaired) electrons. The number of carbonyl (C=O) groups is 1. The first-order valence-corrected chi connectivity index (χ1v) is 4.67. The van der Waals surface area contributed by atoms with Crippen molar-refractivity contribution in [2.45, 2.75) is 44.9 Å². The summed E-state index contributed by atoms with van der Waals surface area (Å²) in [5.41, 5.74) is 5.32. The van der Waals surface area contributed by atoms with Crippen molar-refractivity contribution in [2.75, 3.05) is 6.54 Å². The van der Waals surface area contributed by atoms with Crippen molar-refractivity contribution >= 4 is 5.97 Å². The van der Waals surface area contributed by atoms with E-state index in [-0.39, 0.29) is 6.42 Å². The number of hydrogen-bond acceptors (Lipinski definition) is 3. The molecular formula is C9H18NO2-. The van der Waals surface area contributed by atoms with Gasteiger partial charge in [-0.25, -0.2) is 0 Å². The van der Waals surface area contributed by atoms with E-state index < -0.39 is 5.97 Å². The number of rotatable bonds is 8. The summed E-state index contributed by atoms with van der Waals surface area (Å²) in [7, 11) is 0. The molecule has 3 nitrogen and oxygen atoms in total. The van der Waals surface area contributed by atoms with Gasteiger partial charge in [-0.15, -0.1) is 0 Å². The lowest BCUT2D eigenvalue weighted by Crippen LogP contribution is -2.21. The Morgan fingerprint density at radius 2 is 1.50 bits per heavy atom. The second-order valence-electron chi connectivity index (χ2n) is 3.03. The quantitative estimate of drug-likeness (QED) is 0.540. The highest BCUT2D eigenvalue weighted by Crippen LogP contribution is 2.05. The fraction of sp³-hybridized carbons (Fsp3) is 0.889. The summed E-state index contributed by atoms with van der Waals surface area (Å²) in [6.07, 6.45) is 6.50. The molecule has 0 aliphatic rings. The fourth-order valence-corrected chi connectivity index (χ4v) is 1.12. The number of nitrogens with two attached hydrogens (primary N) is 1. The lowest BCUT2D eigenvalue weighted by atomic mass is 10.1. The highest BCUT2D eigenvalue weighted by Gasteiger charge is 1.90. The molecule has 12 heavy (non-hydrogen) atoms. The number of aliphatic carboxylic acids is 1. The van der Waals surface area contributed by atoms with Gasteiger partial charge in [0.2, 0.25) is 0 Å². The molecule has 0 atom stereocenters. The number of carbonyl (C=O) groups excluding carboxylic acids is 1. The molecule has 0 aromatic heterocycles. The molecule has 2 N–H and O–H groups in total. The van der Waals surface area contributed by atoms with Crippen molar-refractivity contribution in [3.63, 3.8) is 0 Å².